The van der Waals surface area contributed by atoms with Crippen LogP contribution in [0.25, 0.3) is 0 Å². The number of benzene rings is 1. The van der Waals surface area contributed by atoms with Crippen molar-refractivity contribution < 1.29 is 19.6 Å². The summed E-state index contributed by atoms with van der Waals surface area (Å²) in [7, 11) is 1.87. The van der Waals surface area contributed by atoms with Crippen LogP contribution in [-0.2, 0) is 17.6 Å². The van der Waals surface area contributed by atoms with Crippen molar-refractivity contribution in [1.82, 2.24) is 4.57 Å². The van der Waals surface area contributed by atoms with Gasteiger partial charge in [0.05, 0.1) is 13.5 Å². The number of carboxylic acid groups (broad SMARTS) is 1. The van der Waals surface area contributed by atoms with Gasteiger partial charge in [0.1, 0.15) is 17.6 Å². The summed E-state index contributed by atoms with van der Waals surface area (Å²) in [5.41, 5.74) is -0.773. The lowest BCUT2D eigenvalue weighted by Gasteiger charge is -2.26. The fourth-order valence-corrected chi connectivity index (χ4v) is 4.15. The first-order valence-corrected chi connectivity index (χ1v) is 7.63. The van der Waals surface area contributed by atoms with Crippen LogP contribution < -0.4 is 4.57 Å². The summed E-state index contributed by atoms with van der Waals surface area (Å²) in [6.07, 6.45) is 3.46. The summed E-state index contributed by atoms with van der Waals surface area (Å²) in [4.78, 5) is 11.1. The minimum atomic E-state index is -1.40. The number of hydrogen-bond donors (Lipinski definition) is 2. The third-order valence-corrected chi connectivity index (χ3v) is 5.37. The normalized spacial score (nSPS) is 24.0. The lowest BCUT2D eigenvalue weighted by Crippen LogP contribution is -2.41. The number of carbonyl (C=O) groups is 1. The first-order valence-electron chi connectivity index (χ1n) is 6.37. The molecule has 2 unspecified atom stereocenters. The summed E-state index contributed by atoms with van der Waals surface area (Å²) in [6.45, 7) is 0. The molecule has 1 aliphatic rings. The lowest BCUT2D eigenvalue weighted by atomic mass is 9.97. The van der Waals surface area contributed by atoms with Crippen molar-refractivity contribution in [3.8, 4) is 0 Å². The van der Waals surface area contributed by atoms with Crippen molar-refractivity contribution in [2.75, 3.05) is 0 Å². The molecule has 0 saturated heterocycles. The summed E-state index contributed by atoms with van der Waals surface area (Å²) in [5.74, 6) is -0.937. The minimum Gasteiger partial charge on any atom is -0.481 e. The molecule has 0 bridgehead atoms. The van der Waals surface area contributed by atoms with Gasteiger partial charge in [0.15, 0.2) is 0 Å². The number of fused-ring (bicyclic) bond motifs is 1. The van der Waals surface area contributed by atoms with Crippen LogP contribution >= 0.6 is 23.4 Å². The van der Waals surface area contributed by atoms with Crippen molar-refractivity contribution in [1.29, 1.82) is 0 Å². The van der Waals surface area contributed by atoms with E-state index in [4.69, 9.17) is 16.7 Å². The van der Waals surface area contributed by atoms with Crippen LogP contribution in [0.2, 0.25) is 5.02 Å². The van der Waals surface area contributed by atoms with Gasteiger partial charge in [-0.2, -0.15) is 4.57 Å². The van der Waals surface area contributed by atoms with Crippen LogP contribution in [0.1, 0.15) is 12.0 Å². The molecule has 0 aliphatic carbocycles. The van der Waals surface area contributed by atoms with Crippen LogP contribution in [0, 0.1) is 0 Å². The standard InChI is InChI=1S/C14H13ClN2O3S/c1-16-6-7-17-13(16)21-11(8-12(18)19)14(17,20)9-2-4-10(15)5-3-9/h2-7,11,20H,8H2,1H3/p+1. The molecule has 1 aromatic carbocycles. The zero-order valence-corrected chi connectivity index (χ0v) is 12.8. The molecule has 0 radical (unpaired) electrons. The maximum Gasteiger partial charge on any atom is 0.321 e. The smallest absolute Gasteiger partial charge is 0.321 e. The summed E-state index contributed by atoms with van der Waals surface area (Å²) in [5, 5.41) is 21.3. The molecule has 5 nitrogen and oxygen atoms in total. The van der Waals surface area contributed by atoms with E-state index < -0.39 is 16.9 Å². The Morgan fingerprint density at radius 3 is 2.76 bits per heavy atom. The Bertz CT molecular complexity index is 701. The number of imidazole rings is 1. The van der Waals surface area contributed by atoms with E-state index in [1.807, 2.05) is 17.8 Å². The molecule has 3 rings (SSSR count). The van der Waals surface area contributed by atoms with E-state index in [0.29, 0.717) is 10.6 Å². The molecule has 0 fully saturated rings. The molecule has 0 amide bonds. The largest absolute Gasteiger partial charge is 0.481 e. The second-order valence-electron chi connectivity index (χ2n) is 5.00. The molecular formula is C14H14ClN2O3S+. The molecular weight excluding hydrogens is 312 g/mol. The zero-order valence-electron chi connectivity index (χ0n) is 11.2. The Kier molecular flexibility index (Phi) is 3.47. The Labute approximate surface area is 130 Å². The number of nitrogens with zero attached hydrogens (tertiary/aromatic N) is 2. The van der Waals surface area contributed by atoms with Crippen molar-refractivity contribution in [2.45, 2.75) is 22.6 Å². The van der Waals surface area contributed by atoms with Gasteiger partial charge in [-0.3, -0.25) is 4.79 Å². The molecule has 1 aromatic heterocycles. The number of rotatable bonds is 3. The second-order valence-corrected chi connectivity index (χ2v) is 6.61. The first kappa shape index (κ1) is 14.4. The molecule has 1 aliphatic heterocycles. The highest BCUT2D eigenvalue weighted by molar-refractivity contribution is 8.00. The molecule has 21 heavy (non-hydrogen) atoms. The van der Waals surface area contributed by atoms with Crippen molar-refractivity contribution in [2.24, 2.45) is 7.05 Å². The Hall–Kier alpha value is -1.50. The fourth-order valence-electron chi connectivity index (χ4n) is 2.59. The van der Waals surface area contributed by atoms with Gasteiger partial charge in [-0.25, -0.2) is 4.57 Å². The minimum absolute atomic E-state index is 0.133. The van der Waals surface area contributed by atoms with Crippen LogP contribution in [0.5, 0.6) is 0 Å². The van der Waals surface area contributed by atoms with Crippen LogP contribution in [0.4, 0.5) is 0 Å². The zero-order chi connectivity index (χ0) is 15.2. The van der Waals surface area contributed by atoms with Gasteiger partial charge in [0, 0.05) is 10.6 Å². The maximum absolute atomic E-state index is 11.3. The van der Waals surface area contributed by atoms with Crippen molar-refractivity contribution >= 4 is 29.3 Å². The second kappa shape index (κ2) is 5.05. The monoisotopic (exact) mass is 325 g/mol. The van der Waals surface area contributed by atoms with Crippen LogP contribution in [0.15, 0.2) is 41.8 Å². The average molecular weight is 326 g/mol. The van der Waals surface area contributed by atoms with Gasteiger partial charge in [0.2, 0.25) is 0 Å². The topological polar surface area (TPSA) is 66.3 Å². The number of halogens is 1. The summed E-state index contributed by atoms with van der Waals surface area (Å²) in [6, 6.07) is 6.84. The average Bonchev–Trinajstić information content (AvgIpc) is 2.91. The molecule has 2 atom stereocenters. The SMILES string of the molecule is C[n+]1ccn2c1SC(CC(=O)O)C2(O)c1ccc(Cl)cc1. The van der Waals surface area contributed by atoms with Gasteiger partial charge in [0.25, 0.3) is 5.72 Å². The number of hydrogen-bond acceptors (Lipinski definition) is 3. The van der Waals surface area contributed by atoms with Gasteiger partial charge in [-0.05, 0) is 23.9 Å². The number of aliphatic hydroxyl groups is 1. The van der Waals surface area contributed by atoms with E-state index in [1.54, 1.807) is 35.0 Å². The maximum atomic E-state index is 11.3. The quantitative estimate of drug-likeness (QED) is 0.841. The fraction of sp³-hybridized carbons (Fsp3) is 0.286. The number of thioether (sulfide) groups is 1. The van der Waals surface area contributed by atoms with Crippen LogP contribution in [0.3, 0.4) is 0 Å². The van der Waals surface area contributed by atoms with Gasteiger partial charge in [-0.15, -0.1) is 0 Å². The molecule has 2 N–H and O–H groups in total. The summed E-state index contributed by atoms with van der Waals surface area (Å²) >= 11 is 7.26. The first-order chi connectivity index (χ1) is 9.92. The van der Waals surface area contributed by atoms with E-state index in [0.717, 1.165) is 5.16 Å². The Morgan fingerprint density at radius 2 is 2.14 bits per heavy atom. The number of aromatic nitrogens is 2. The van der Waals surface area contributed by atoms with Gasteiger partial charge < -0.3 is 10.2 Å². The third-order valence-electron chi connectivity index (χ3n) is 3.64. The highest BCUT2D eigenvalue weighted by Crippen LogP contribution is 2.46. The molecule has 0 saturated carbocycles. The van der Waals surface area contributed by atoms with Gasteiger partial charge in [-0.1, -0.05) is 23.7 Å². The lowest BCUT2D eigenvalue weighted by molar-refractivity contribution is -0.709. The predicted octanol–water partition coefficient (Wildman–Crippen LogP) is 1.61. The van der Waals surface area contributed by atoms with E-state index in [-0.39, 0.29) is 6.42 Å². The third kappa shape index (κ3) is 2.23. The van der Waals surface area contributed by atoms with E-state index in [2.05, 4.69) is 0 Å². The van der Waals surface area contributed by atoms with E-state index in [1.165, 1.54) is 11.8 Å². The van der Waals surface area contributed by atoms with E-state index in [9.17, 15) is 9.90 Å². The molecule has 110 valence electrons. The molecule has 2 aromatic rings. The molecule has 7 heteroatoms. The predicted molar refractivity (Wildman–Crippen MR) is 78.3 cm³/mol. The number of aliphatic carboxylic acids is 1. The highest BCUT2D eigenvalue weighted by Gasteiger charge is 2.55. The molecule has 2 heterocycles. The Balaban J connectivity index is 2.13. The van der Waals surface area contributed by atoms with Crippen LogP contribution in [-0.4, -0.2) is 26.0 Å². The Morgan fingerprint density at radius 1 is 1.48 bits per heavy atom. The van der Waals surface area contributed by atoms with Crippen molar-refractivity contribution in [3.05, 3.63) is 47.2 Å². The summed E-state index contributed by atoms with van der Waals surface area (Å²) < 4.78 is 3.59. The van der Waals surface area contributed by atoms with Gasteiger partial charge >= 0.3 is 11.1 Å². The number of carboxylic acids is 1. The van der Waals surface area contributed by atoms with Crippen molar-refractivity contribution in [3.63, 3.8) is 0 Å². The number of aryl methyl sites for hydroxylation is 1. The van der Waals surface area contributed by atoms with E-state index >= 15 is 0 Å². The molecule has 0 spiro atoms. The highest BCUT2D eigenvalue weighted by atomic mass is 35.5.